The van der Waals surface area contributed by atoms with Crippen LogP contribution in [-0.2, 0) is 0 Å². The summed E-state index contributed by atoms with van der Waals surface area (Å²) in [5.74, 6) is 1.31. The fourth-order valence-electron chi connectivity index (χ4n) is 2.23. The predicted octanol–water partition coefficient (Wildman–Crippen LogP) is 2.46. The molecule has 1 aromatic carbocycles. The van der Waals surface area contributed by atoms with E-state index >= 15 is 0 Å². The fraction of sp³-hybridized carbons (Fsp3) is 0.333. The fourth-order valence-corrected chi connectivity index (χ4v) is 2.23. The zero-order chi connectivity index (χ0) is 14.9. The molecule has 2 rings (SSSR count). The molecule has 5 heteroatoms. The van der Waals surface area contributed by atoms with Gasteiger partial charge in [-0.3, -0.25) is 0 Å². The highest BCUT2D eigenvalue weighted by atomic mass is 16.5. The van der Waals surface area contributed by atoms with E-state index in [0.29, 0.717) is 22.9 Å². The van der Waals surface area contributed by atoms with Gasteiger partial charge in [0.25, 0.3) is 0 Å². The lowest BCUT2D eigenvalue weighted by atomic mass is 9.96. The third-order valence-corrected chi connectivity index (χ3v) is 3.31. The lowest BCUT2D eigenvalue weighted by Gasteiger charge is -2.15. The van der Waals surface area contributed by atoms with Crippen LogP contribution in [0.1, 0.15) is 31.0 Å². The summed E-state index contributed by atoms with van der Waals surface area (Å²) in [4.78, 5) is 17.8. The summed E-state index contributed by atoms with van der Waals surface area (Å²) in [6.45, 7) is 6.04. The first-order chi connectivity index (χ1) is 9.43. The molecule has 1 heterocycles. The van der Waals surface area contributed by atoms with Crippen LogP contribution in [0.3, 0.4) is 0 Å². The standard InChI is InChI=1S/C15H19N3O2/c1-8(2)10-5-6-12(20-4)11(7-10)13-9(3)17-15(19)18-14(13)16/h5-8H,1-4H3,(H3,16,17,18,19). The molecule has 0 aliphatic carbocycles. The average molecular weight is 273 g/mol. The van der Waals surface area contributed by atoms with Crippen LogP contribution in [0.15, 0.2) is 23.0 Å². The maximum Gasteiger partial charge on any atom is 0.347 e. The van der Waals surface area contributed by atoms with Crippen molar-refractivity contribution >= 4 is 5.82 Å². The number of hydrogen-bond acceptors (Lipinski definition) is 4. The van der Waals surface area contributed by atoms with Gasteiger partial charge in [0.05, 0.1) is 7.11 Å². The average Bonchev–Trinajstić information content (AvgIpc) is 2.37. The lowest BCUT2D eigenvalue weighted by molar-refractivity contribution is 0.416. The number of nitrogens with zero attached hydrogens (tertiary/aromatic N) is 1. The summed E-state index contributed by atoms with van der Waals surface area (Å²) in [6, 6.07) is 5.97. The second kappa shape index (κ2) is 5.36. The van der Waals surface area contributed by atoms with E-state index in [1.807, 2.05) is 18.2 Å². The number of ether oxygens (including phenoxy) is 1. The summed E-state index contributed by atoms with van der Waals surface area (Å²) in [7, 11) is 1.61. The highest BCUT2D eigenvalue weighted by Gasteiger charge is 2.15. The third-order valence-electron chi connectivity index (χ3n) is 3.31. The number of benzene rings is 1. The summed E-state index contributed by atoms with van der Waals surface area (Å²) in [6.07, 6.45) is 0. The molecule has 2 aromatic rings. The van der Waals surface area contributed by atoms with Crippen molar-refractivity contribution in [1.82, 2.24) is 9.97 Å². The van der Waals surface area contributed by atoms with Gasteiger partial charge in [0.15, 0.2) is 0 Å². The molecule has 3 N–H and O–H groups in total. The highest BCUT2D eigenvalue weighted by molar-refractivity contribution is 5.80. The molecule has 0 spiro atoms. The van der Waals surface area contributed by atoms with Crippen molar-refractivity contribution in [3.05, 3.63) is 39.9 Å². The quantitative estimate of drug-likeness (QED) is 0.900. The number of nitrogens with two attached hydrogens (primary N) is 1. The number of nitrogen functional groups attached to an aromatic ring is 1. The summed E-state index contributed by atoms with van der Waals surface area (Å²) >= 11 is 0. The van der Waals surface area contributed by atoms with Gasteiger partial charge in [-0.1, -0.05) is 19.9 Å². The number of hydrogen-bond donors (Lipinski definition) is 2. The van der Waals surface area contributed by atoms with Gasteiger partial charge in [0, 0.05) is 16.8 Å². The molecule has 0 radical (unpaired) electrons. The molecule has 0 saturated heterocycles. The first-order valence-corrected chi connectivity index (χ1v) is 6.48. The Bertz CT molecular complexity index is 664. The molecule has 0 bridgehead atoms. The van der Waals surface area contributed by atoms with Crippen molar-refractivity contribution in [3.8, 4) is 16.9 Å². The Kier molecular flexibility index (Phi) is 3.79. The Balaban J connectivity index is 2.74. The predicted molar refractivity (Wildman–Crippen MR) is 80.1 cm³/mol. The number of nitrogens with one attached hydrogen (secondary N) is 1. The van der Waals surface area contributed by atoms with Crippen LogP contribution in [0.25, 0.3) is 11.1 Å². The van der Waals surface area contributed by atoms with Gasteiger partial charge in [0.1, 0.15) is 11.6 Å². The Hall–Kier alpha value is -2.30. The zero-order valence-electron chi connectivity index (χ0n) is 12.2. The van der Waals surface area contributed by atoms with Crippen molar-refractivity contribution < 1.29 is 4.74 Å². The molecule has 1 aromatic heterocycles. The Morgan fingerprint density at radius 2 is 2.05 bits per heavy atom. The number of anilines is 1. The van der Waals surface area contributed by atoms with Crippen molar-refractivity contribution in [2.75, 3.05) is 12.8 Å². The third kappa shape index (κ3) is 2.52. The topological polar surface area (TPSA) is 81.0 Å². The number of H-pyrrole nitrogens is 1. The highest BCUT2D eigenvalue weighted by Crippen LogP contribution is 2.36. The molecule has 0 unspecified atom stereocenters. The normalized spacial score (nSPS) is 10.8. The molecular formula is C15H19N3O2. The van der Waals surface area contributed by atoms with Gasteiger partial charge in [-0.25, -0.2) is 4.79 Å². The number of methoxy groups -OCH3 is 1. The van der Waals surface area contributed by atoms with Gasteiger partial charge >= 0.3 is 5.69 Å². The first-order valence-electron chi connectivity index (χ1n) is 6.48. The van der Waals surface area contributed by atoms with E-state index in [-0.39, 0.29) is 5.82 Å². The van der Waals surface area contributed by atoms with Crippen LogP contribution in [0.5, 0.6) is 5.75 Å². The van der Waals surface area contributed by atoms with E-state index in [4.69, 9.17) is 10.5 Å². The van der Waals surface area contributed by atoms with Crippen LogP contribution >= 0.6 is 0 Å². The zero-order valence-corrected chi connectivity index (χ0v) is 12.2. The minimum absolute atomic E-state index is 0.213. The lowest BCUT2D eigenvalue weighted by Crippen LogP contribution is -2.15. The largest absolute Gasteiger partial charge is 0.496 e. The summed E-state index contributed by atoms with van der Waals surface area (Å²) in [5.41, 5.74) is 8.89. The van der Waals surface area contributed by atoms with Crippen molar-refractivity contribution in [2.24, 2.45) is 0 Å². The van der Waals surface area contributed by atoms with Gasteiger partial charge in [-0.05, 0) is 30.5 Å². The minimum atomic E-state index is -0.442. The van der Waals surface area contributed by atoms with Crippen molar-refractivity contribution in [2.45, 2.75) is 26.7 Å². The van der Waals surface area contributed by atoms with Gasteiger partial charge in [0.2, 0.25) is 0 Å². The van der Waals surface area contributed by atoms with Crippen molar-refractivity contribution in [1.29, 1.82) is 0 Å². The van der Waals surface area contributed by atoms with Crippen LogP contribution in [0.2, 0.25) is 0 Å². The summed E-state index contributed by atoms with van der Waals surface area (Å²) in [5, 5.41) is 0. The van der Waals surface area contributed by atoms with Gasteiger partial charge in [-0.15, -0.1) is 0 Å². The first kappa shape index (κ1) is 14.1. The second-order valence-electron chi connectivity index (χ2n) is 5.04. The number of aryl methyl sites for hydroxylation is 1. The molecule has 106 valence electrons. The van der Waals surface area contributed by atoms with E-state index in [9.17, 15) is 4.79 Å². The van der Waals surface area contributed by atoms with E-state index in [1.165, 1.54) is 5.56 Å². The van der Waals surface area contributed by atoms with E-state index in [0.717, 1.165) is 5.56 Å². The molecule has 0 saturated carbocycles. The number of rotatable bonds is 3. The molecule has 20 heavy (non-hydrogen) atoms. The van der Waals surface area contributed by atoms with E-state index in [1.54, 1.807) is 14.0 Å². The van der Waals surface area contributed by atoms with Gasteiger partial charge in [-0.2, -0.15) is 4.98 Å². The molecular weight excluding hydrogens is 254 g/mol. The van der Waals surface area contributed by atoms with Crippen LogP contribution in [0.4, 0.5) is 5.82 Å². The number of aromatic nitrogens is 2. The Morgan fingerprint density at radius 3 is 2.60 bits per heavy atom. The SMILES string of the molecule is COc1ccc(C(C)C)cc1-c1c(N)nc(=O)[nH]c1C. The van der Waals surface area contributed by atoms with E-state index in [2.05, 4.69) is 23.8 Å². The Labute approximate surface area is 117 Å². The Morgan fingerprint density at radius 1 is 1.35 bits per heavy atom. The van der Waals surface area contributed by atoms with E-state index < -0.39 is 5.69 Å². The molecule has 0 amide bonds. The monoisotopic (exact) mass is 273 g/mol. The van der Waals surface area contributed by atoms with Gasteiger partial charge < -0.3 is 15.5 Å². The maximum absolute atomic E-state index is 11.3. The van der Waals surface area contributed by atoms with Crippen molar-refractivity contribution in [3.63, 3.8) is 0 Å². The van der Waals surface area contributed by atoms with Crippen LogP contribution < -0.4 is 16.2 Å². The number of aromatic amines is 1. The smallest absolute Gasteiger partial charge is 0.347 e. The second-order valence-corrected chi connectivity index (χ2v) is 5.04. The molecule has 5 nitrogen and oxygen atoms in total. The molecule has 0 atom stereocenters. The maximum atomic E-state index is 11.3. The molecule has 0 aliphatic heterocycles. The molecule has 0 aliphatic rings. The van der Waals surface area contributed by atoms with Crippen LogP contribution in [0, 0.1) is 6.92 Å². The molecule has 0 fully saturated rings. The summed E-state index contributed by atoms with van der Waals surface area (Å²) < 4.78 is 5.40. The van der Waals surface area contributed by atoms with Crippen LogP contribution in [-0.4, -0.2) is 17.1 Å². The minimum Gasteiger partial charge on any atom is -0.496 e.